The van der Waals surface area contributed by atoms with E-state index >= 15 is 9.59 Å². The fourth-order valence-electron chi connectivity index (χ4n) is 11.3. The van der Waals surface area contributed by atoms with Gasteiger partial charge >= 0.3 is 30.0 Å². The molecule has 2 bridgehead atoms. The Morgan fingerprint density at radius 1 is 0.896 bits per heavy atom. The van der Waals surface area contributed by atoms with Gasteiger partial charge in [-0.2, -0.15) is 0 Å². The van der Waals surface area contributed by atoms with Crippen molar-refractivity contribution in [3.05, 3.63) is 82.9 Å². The van der Waals surface area contributed by atoms with Crippen LogP contribution in [0.1, 0.15) is 148 Å². The number of Topliss-reactive ketones (excluding diaryl/α,β-unsaturated/α-hetero) is 1. The smallest absolute Gasteiger partial charge is 0.408 e. The maximum absolute atomic E-state index is 15.2. The maximum Gasteiger partial charge on any atom is 0.408 e. The number of esters is 4. The number of nitrogens with one attached hydrogen (secondary N) is 1. The molecule has 15 nitrogen and oxygen atoms in total. The summed E-state index contributed by atoms with van der Waals surface area (Å²) in [6, 6.07) is 15.0. The van der Waals surface area contributed by atoms with Gasteiger partial charge in [-0.25, -0.2) is 14.4 Å². The minimum absolute atomic E-state index is 0.0247. The number of amides is 1. The van der Waals surface area contributed by atoms with Gasteiger partial charge in [-0.05, 0) is 89.1 Å². The third-order valence-electron chi connectivity index (χ3n) is 14.9. The van der Waals surface area contributed by atoms with Crippen LogP contribution in [-0.4, -0.2) is 98.4 Å². The van der Waals surface area contributed by atoms with Gasteiger partial charge in [0.2, 0.25) is 6.10 Å². The number of rotatable bonds is 15. The molecule has 0 heterocycles. The summed E-state index contributed by atoms with van der Waals surface area (Å²) in [6.07, 6.45) is -5.15. The third kappa shape index (κ3) is 9.92. The summed E-state index contributed by atoms with van der Waals surface area (Å²) in [5.74, 6) is -6.25. The van der Waals surface area contributed by atoms with Crippen LogP contribution in [0.25, 0.3) is 0 Å². The number of unbranched alkanes of at least 4 members (excludes halogenated alkanes) is 4. The van der Waals surface area contributed by atoms with E-state index in [2.05, 4.69) is 12.2 Å². The van der Waals surface area contributed by atoms with E-state index in [1.54, 1.807) is 90.1 Å². The second-order valence-electron chi connectivity index (χ2n) is 20.6. The van der Waals surface area contributed by atoms with Crippen molar-refractivity contribution in [3.8, 4) is 0 Å². The van der Waals surface area contributed by atoms with Crippen molar-refractivity contribution in [3.63, 3.8) is 0 Å². The van der Waals surface area contributed by atoms with Crippen LogP contribution in [0.5, 0.6) is 0 Å². The number of aliphatic hydroxyl groups is 3. The van der Waals surface area contributed by atoms with Crippen LogP contribution in [0.15, 0.2) is 71.8 Å². The average molecular weight is 932 g/mol. The molecular formula is C52H69NO14. The number of hydrogen-bond acceptors (Lipinski definition) is 14. The quantitative estimate of drug-likeness (QED) is 0.0602. The maximum atomic E-state index is 15.2. The standard InChI is InChI=1S/C52H69NO14/c1-10-11-12-13-20-25-37(56)64-41(39(32-21-16-14-17-22-32)53-47(61)67-48(4,5)6)46(60)63-35-29-52(62)44(65-45(59)33-23-18-15-19-24-33)42-50(9,43(58)40(57)38(30(35)2)49(52,7)8)36(55)28-34-26-27-51(34,42)66-31(3)54/h14-19,21-24,34-36,39-42,44,55,57,62H,10-13,20,25-29H2,1-9H3,(H,53,61)/t34-,35+,36+,39+,40-,41-,42?,44+,50-,51+,52-/m1/s1. The van der Waals surface area contributed by atoms with Crippen LogP contribution in [0.4, 0.5) is 4.79 Å². The number of hydrogen-bond donors (Lipinski definition) is 4. The Labute approximate surface area is 393 Å². The minimum Gasteiger partial charge on any atom is -0.458 e. The van der Waals surface area contributed by atoms with Crippen molar-refractivity contribution in [1.82, 2.24) is 5.32 Å². The van der Waals surface area contributed by atoms with E-state index < -0.39 is 118 Å². The Balaban J connectivity index is 1.50. The lowest BCUT2D eigenvalue weighted by atomic mass is 9.41. The highest BCUT2D eigenvalue weighted by Crippen LogP contribution is 2.67. The van der Waals surface area contributed by atoms with Crippen molar-refractivity contribution in [2.45, 2.75) is 180 Å². The summed E-state index contributed by atoms with van der Waals surface area (Å²) in [7, 11) is 0. The van der Waals surface area contributed by atoms with Crippen LogP contribution in [0, 0.1) is 22.7 Å². The summed E-state index contributed by atoms with van der Waals surface area (Å²) < 4.78 is 30.6. The van der Waals surface area contributed by atoms with Crippen LogP contribution in [-0.2, 0) is 42.9 Å². The normalized spacial score (nSPS) is 30.7. The number of benzene rings is 2. The second-order valence-corrected chi connectivity index (χ2v) is 20.6. The molecule has 6 rings (SSSR count). The van der Waals surface area contributed by atoms with E-state index in [1.165, 1.54) is 26.0 Å². The minimum atomic E-state index is -2.34. The van der Waals surface area contributed by atoms with E-state index in [9.17, 15) is 34.5 Å². The molecule has 3 fully saturated rings. The molecule has 0 saturated heterocycles. The number of ether oxygens (including phenoxy) is 5. The van der Waals surface area contributed by atoms with Crippen LogP contribution < -0.4 is 5.32 Å². The van der Waals surface area contributed by atoms with Crippen molar-refractivity contribution in [2.75, 3.05) is 0 Å². The first-order valence-corrected chi connectivity index (χ1v) is 23.7. The number of ketones is 1. The molecule has 0 aliphatic heterocycles. The Morgan fingerprint density at radius 2 is 1.52 bits per heavy atom. The highest BCUT2D eigenvalue weighted by atomic mass is 16.6. The highest BCUT2D eigenvalue weighted by molar-refractivity contribution is 5.94. The lowest BCUT2D eigenvalue weighted by Crippen LogP contribution is -2.78. The molecule has 1 amide bonds. The van der Waals surface area contributed by atoms with Crippen molar-refractivity contribution in [2.24, 2.45) is 22.7 Å². The predicted molar refractivity (Wildman–Crippen MR) is 244 cm³/mol. The highest BCUT2D eigenvalue weighted by Gasteiger charge is 2.77. The van der Waals surface area contributed by atoms with Gasteiger partial charge in [-0.15, -0.1) is 0 Å². The molecule has 0 aromatic heterocycles. The summed E-state index contributed by atoms with van der Waals surface area (Å²) in [4.78, 5) is 84.8. The monoisotopic (exact) mass is 931 g/mol. The van der Waals surface area contributed by atoms with E-state index in [1.807, 2.05) is 0 Å². The molecule has 15 heteroatoms. The van der Waals surface area contributed by atoms with Gasteiger partial charge in [0, 0.05) is 31.1 Å². The molecule has 0 spiro atoms. The van der Waals surface area contributed by atoms with E-state index in [0.717, 1.165) is 25.7 Å². The Morgan fingerprint density at radius 3 is 2.10 bits per heavy atom. The van der Waals surface area contributed by atoms with Gasteiger partial charge in [0.25, 0.3) is 0 Å². The van der Waals surface area contributed by atoms with Crippen molar-refractivity contribution >= 4 is 35.8 Å². The van der Waals surface area contributed by atoms with Crippen molar-refractivity contribution in [1.29, 1.82) is 0 Å². The van der Waals surface area contributed by atoms with Gasteiger partial charge in [-0.1, -0.05) is 95.0 Å². The second kappa shape index (κ2) is 19.8. The molecule has 2 aromatic carbocycles. The first-order valence-electron chi connectivity index (χ1n) is 23.7. The fraction of sp³-hybridized carbons (Fsp3) is 0.615. The predicted octanol–water partition coefficient (Wildman–Crippen LogP) is 7.18. The molecule has 67 heavy (non-hydrogen) atoms. The van der Waals surface area contributed by atoms with Crippen LogP contribution in [0.3, 0.4) is 0 Å². The van der Waals surface area contributed by atoms with Crippen LogP contribution >= 0.6 is 0 Å². The number of carbonyl (C=O) groups excluding carboxylic acids is 6. The van der Waals surface area contributed by atoms with Gasteiger partial charge in [0.15, 0.2) is 5.78 Å². The molecule has 366 valence electrons. The molecule has 0 radical (unpaired) electrons. The number of aliphatic hydroxyl groups excluding tert-OH is 2. The van der Waals surface area contributed by atoms with E-state index in [-0.39, 0.29) is 36.0 Å². The molecular weight excluding hydrogens is 863 g/mol. The van der Waals surface area contributed by atoms with E-state index in [4.69, 9.17) is 23.7 Å². The molecule has 1 unspecified atom stereocenters. The molecule has 4 aliphatic rings. The number of fused-ring (bicyclic) bond motifs is 5. The summed E-state index contributed by atoms with van der Waals surface area (Å²) in [6.45, 7) is 14.5. The zero-order valence-electron chi connectivity index (χ0n) is 40.3. The zero-order chi connectivity index (χ0) is 49.3. The molecule has 11 atom stereocenters. The van der Waals surface area contributed by atoms with Gasteiger partial charge in [-0.3, -0.25) is 14.4 Å². The molecule has 4 aliphatic carbocycles. The average Bonchev–Trinajstić information content (AvgIpc) is 3.25. The van der Waals surface area contributed by atoms with Gasteiger partial charge in [0.05, 0.1) is 23.0 Å². The first-order chi connectivity index (χ1) is 31.4. The third-order valence-corrected chi connectivity index (χ3v) is 14.9. The number of carbonyl (C=O) groups is 6. The largest absolute Gasteiger partial charge is 0.458 e. The lowest BCUT2D eigenvalue weighted by Gasteiger charge is -2.68. The SMILES string of the molecule is CCCCCCCC(=O)O[C@@H](C(=O)O[C@H]1C[C@@]2(O)[C@@H](OC(=O)c3ccccc3)C3[C@](C)(C(=O)[C@H](O)C(=C1C)C2(C)C)[C@@H](O)C[C@H]1CC[C@@]31OC(C)=O)[C@@H](NC(=O)OC(C)(C)C)c1ccccc1. The first kappa shape index (κ1) is 51.3. The number of alkyl carbamates (subject to hydrolysis) is 1. The topological polar surface area (TPSA) is 221 Å². The summed E-state index contributed by atoms with van der Waals surface area (Å²) in [5, 5.41) is 41.0. The molecule has 2 aromatic rings. The fourth-order valence-corrected chi connectivity index (χ4v) is 11.3. The lowest BCUT2D eigenvalue weighted by molar-refractivity contribution is -0.296. The van der Waals surface area contributed by atoms with Crippen molar-refractivity contribution < 1.29 is 67.8 Å². The Hall–Kier alpha value is -5.12. The van der Waals surface area contributed by atoms with Crippen LogP contribution in [0.2, 0.25) is 0 Å². The van der Waals surface area contributed by atoms with Gasteiger partial charge < -0.3 is 44.3 Å². The molecule has 4 N–H and O–H groups in total. The summed E-state index contributed by atoms with van der Waals surface area (Å²) >= 11 is 0. The van der Waals surface area contributed by atoms with E-state index in [0.29, 0.717) is 18.4 Å². The molecule has 3 saturated carbocycles. The Kier molecular flexibility index (Phi) is 15.2. The Bertz CT molecular complexity index is 2200. The van der Waals surface area contributed by atoms with Gasteiger partial charge in [0.1, 0.15) is 41.2 Å². The summed E-state index contributed by atoms with van der Waals surface area (Å²) in [5.41, 5.74) is -7.81. The zero-order valence-corrected chi connectivity index (χ0v) is 40.3.